The molecule has 0 unspecified atom stereocenters. The van der Waals surface area contributed by atoms with Crippen molar-refractivity contribution in [1.29, 1.82) is 0 Å². The smallest absolute Gasteiger partial charge is 0.204 e. The highest BCUT2D eigenvalue weighted by atomic mass is 79.9. The quantitative estimate of drug-likeness (QED) is 0.712. The SMILES string of the molecule is Nc1ccn2c(Br)nnc2c1. The molecular formula is C6H5BrN4. The molecule has 0 aliphatic rings. The van der Waals surface area contributed by atoms with Gasteiger partial charge in [-0.3, -0.25) is 4.40 Å². The molecule has 2 heterocycles. The first-order chi connectivity index (χ1) is 5.27. The second kappa shape index (κ2) is 2.20. The van der Waals surface area contributed by atoms with Crippen LogP contribution < -0.4 is 5.73 Å². The molecule has 0 atom stereocenters. The number of nitrogens with zero attached hydrogens (tertiary/aromatic N) is 3. The van der Waals surface area contributed by atoms with Crippen molar-refractivity contribution in [2.75, 3.05) is 5.73 Å². The van der Waals surface area contributed by atoms with Gasteiger partial charge in [0.05, 0.1) is 0 Å². The van der Waals surface area contributed by atoms with Gasteiger partial charge < -0.3 is 5.73 Å². The minimum Gasteiger partial charge on any atom is -0.399 e. The van der Waals surface area contributed by atoms with Gasteiger partial charge in [0.1, 0.15) is 0 Å². The Morgan fingerprint density at radius 2 is 2.27 bits per heavy atom. The van der Waals surface area contributed by atoms with Gasteiger partial charge in [0, 0.05) is 18.0 Å². The molecule has 5 heteroatoms. The van der Waals surface area contributed by atoms with Crippen LogP contribution in [0.2, 0.25) is 0 Å². The standard InChI is InChI=1S/C6H5BrN4/c7-6-10-9-5-3-4(8)1-2-11(5)6/h1-3H,8H2. The number of fused-ring (bicyclic) bond motifs is 1. The van der Waals surface area contributed by atoms with Crippen molar-refractivity contribution in [1.82, 2.24) is 14.6 Å². The second-order valence-corrected chi connectivity index (χ2v) is 2.87. The molecule has 0 bridgehead atoms. The van der Waals surface area contributed by atoms with E-state index in [4.69, 9.17) is 5.73 Å². The van der Waals surface area contributed by atoms with E-state index in [-0.39, 0.29) is 0 Å². The molecule has 0 spiro atoms. The Bertz CT molecular complexity index is 394. The molecule has 2 N–H and O–H groups in total. The number of pyridine rings is 1. The van der Waals surface area contributed by atoms with Crippen molar-refractivity contribution in [2.24, 2.45) is 0 Å². The molecule has 0 amide bonds. The zero-order valence-corrected chi connectivity index (χ0v) is 7.12. The first kappa shape index (κ1) is 6.60. The lowest BCUT2D eigenvalue weighted by Gasteiger charge is -1.93. The molecule has 0 radical (unpaired) electrons. The summed E-state index contributed by atoms with van der Waals surface area (Å²) >= 11 is 3.24. The third-order valence-corrected chi connectivity index (χ3v) is 1.93. The maximum atomic E-state index is 5.54. The zero-order chi connectivity index (χ0) is 7.84. The van der Waals surface area contributed by atoms with Crippen molar-refractivity contribution in [2.45, 2.75) is 0 Å². The highest BCUT2D eigenvalue weighted by Crippen LogP contribution is 2.11. The van der Waals surface area contributed by atoms with E-state index in [1.807, 2.05) is 6.20 Å². The van der Waals surface area contributed by atoms with Crippen LogP contribution in [0.1, 0.15) is 0 Å². The van der Waals surface area contributed by atoms with Crippen LogP contribution >= 0.6 is 15.9 Å². The Kier molecular flexibility index (Phi) is 1.32. The predicted octanol–water partition coefficient (Wildman–Crippen LogP) is 1.07. The number of nitrogen functional groups attached to an aromatic ring is 1. The number of halogens is 1. The van der Waals surface area contributed by atoms with E-state index in [0.717, 1.165) is 5.65 Å². The summed E-state index contributed by atoms with van der Waals surface area (Å²) in [6.45, 7) is 0. The van der Waals surface area contributed by atoms with E-state index >= 15 is 0 Å². The Labute approximate surface area is 71.2 Å². The lowest BCUT2D eigenvalue weighted by molar-refractivity contribution is 1.05. The molecule has 56 valence electrons. The van der Waals surface area contributed by atoms with E-state index in [1.54, 1.807) is 16.5 Å². The molecule has 0 aliphatic carbocycles. The summed E-state index contributed by atoms with van der Waals surface area (Å²) in [6, 6.07) is 3.55. The molecule has 0 saturated carbocycles. The van der Waals surface area contributed by atoms with Gasteiger partial charge in [0.15, 0.2) is 5.65 Å². The van der Waals surface area contributed by atoms with Crippen LogP contribution in [0.3, 0.4) is 0 Å². The van der Waals surface area contributed by atoms with Gasteiger partial charge in [0.25, 0.3) is 0 Å². The van der Waals surface area contributed by atoms with E-state index in [0.29, 0.717) is 10.4 Å². The summed E-state index contributed by atoms with van der Waals surface area (Å²) in [5.74, 6) is 0. The third-order valence-electron chi connectivity index (χ3n) is 1.39. The van der Waals surface area contributed by atoms with Crippen LogP contribution in [0.4, 0.5) is 5.69 Å². The molecule has 4 nitrogen and oxygen atoms in total. The van der Waals surface area contributed by atoms with E-state index in [1.165, 1.54) is 0 Å². The Morgan fingerprint density at radius 3 is 3.09 bits per heavy atom. The maximum Gasteiger partial charge on any atom is 0.204 e. The molecule has 0 aromatic carbocycles. The van der Waals surface area contributed by atoms with Gasteiger partial charge >= 0.3 is 0 Å². The van der Waals surface area contributed by atoms with Crippen LogP contribution in [0.5, 0.6) is 0 Å². The Hall–Kier alpha value is -1.10. The van der Waals surface area contributed by atoms with Gasteiger partial charge in [-0.2, -0.15) is 0 Å². The van der Waals surface area contributed by atoms with E-state index in [9.17, 15) is 0 Å². The average molecular weight is 213 g/mol. The Morgan fingerprint density at radius 1 is 1.45 bits per heavy atom. The van der Waals surface area contributed by atoms with Gasteiger partial charge in [-0.05, 0) is 22.0 Å². The summed E-state index contributed by atoms with van der Waals surface area (Å²) in [7, 11) is 0. The summed E-state index contributed by atoms with van der Waals surface area (Å²) in [4.78, 5) is 0. The molecule has 2 rings (SSSR count). The highest BCUT2D eigenvalue weighted by molar-refractivity contribution is 9.10. The monoisotopic (exact) mass is 212 g/mol. The number of anilines is 1. The molecular weight excluding hydrogens is 208 g/mol. The van der Waals surface area contributed by atoms with Crippen molar-refractivity contribution >= 4 is 27.3 Å². The fraction of sp³-hybridized carbons (Fsp3) is 0. The summed E-state index contributed by atoms with van der Waals surface area (Å²) in [6.07, 6.45) is 1.81. The average Bonchev–Trinajstić information content (AvgIpc) is 2.32. The predicted molar refractivity (Wildman–Crippen MR) is 45.1 cm³/mol. The fourth-order valence-corrected chi connectivity index (χ4v) is 1.26. The lowest BCUT2D eigenvalue weighted by Crippen LogP contribution is -1.88. The minimum absolute atomic E-state index is 0.688. The van der Waals surface area contributed by atoms with Gasteiger partial charge in [-0.15, -0.1) is 10.2 Å². The maximum absolute atomic E-state index is 5.54. The van der Waals surface area contributed by atoms with Crippen molar-refractivity contribution < 1.29 is 0 Å². The lowest BCUT2D eigenvalue weighted by atomic mass is 10.4. The van der Waals surface area contributed by atoms with Crippen LogP contribution in [0, 0.1) is 0 Å². The molecule has 2 aromatic rings. The highest BCUT2D eigenvalue weighted by Gasteiger charge is 1.99. The summed E-state index contributed by atoms with van der Waals surface area (Å²) in [5.41, 5.74) is 6.98. The molecule has 0 fully saturated rings. The van der Waals surface area contributed by atoms with Crippen LogP contribution in [-0.2, 0) is 0 Å². The number of nitrogens with two attached hydrogens (primary N) is 1. The van der Waals surface area contributed by atoms with Crippen molar-refractivity contribution in [3.05, 3.63) is 23.1 Å². The second-order valence-electron chi connectivity index (χ2n) is 2.16. The normalized spacial score (nSPS) is 10.6. The largest absolute Gasteiger partial charge is 0.399 e. The van der Waals surface area contributed by atoms with Crippen LogP contribution in [0.25, 0.3) is 5.65 Å². The number of aromatic nitrogens is 3. The van der Waals surface area contributed by atoms with Gasteiger partial charge in [0.2, 0.25) is 4.73 Å². The minimum atomic E-state index is 0.688. The zero-order valence-electron chi connectivity index (χ0n) is 5.53. The van der Waals surface area contributed by atoms with Gasteiger partial charge in [-0.25, -0.2) is 0 Å². The molecule has 0 saturated heterocycles. The van der Waals surface area contributed by atoms with Crippen molar-refractivity contribution in [3.8, 4) is 0 Å². The molecule has 2 aromatic heterocycles. The topological polar surface area (TPSA) is 56.2 Å². The van der Waals surface area contributed by atoms with E-state index < -0.39 is 0 Å². The fourth-order valence-electron chi connectivity index (χ4n) is 0.877. The summed E-state index contributed by atoms with van der Waals surface area (Å²) in [5, 5.41) is 7.68. The first-order valence-corrected chi connectivity index (χ1v) is 3.82. The van der Waals surface area contributed by atoms with Crippen molar-refractivity contribution in [3.63, 3.8) is 0 Å². The Balaban J connectivity index is 2.86. The molecule has 0 aliphatic heterocycles. The van der Waals surface area contributed by atoms with Gasteiger partial charge in [-0.1, -0.05) is 0 Å². The van der Waals surface area contributed by atoms with Crippen LogP contribution in [-0.4, -0.2) is 14.6 Å². The molecule has 11 heavy (non-hydrogen) atoms. The first-order valence-electron chi connectivity index (χ1n) is 3.03. The van der Waals surface area contributed by atoms with E-state index in [2.05, 4.69) is 26.1 Å². The number of rotatable bonds is 0. The number of hydrogen-bond donors (Lipinski definition) is 1. The summed E-state index contributed by atoms with van der Waals surface area (Å²) < 4.78 is 2.49. The third kappa shape index (κ3) is 0.970. The number of hydrogen-bond acceptors (Lipinski definition) is 3. The van der Waals surface area contributed by atoms with Crippen LogP contribution in [0.15, 0.2) is 23.1 Å².